The van der Waals surface area contributed by atoms with Crippen LogP contribution in [0.25, 0.3) is 0 Å². The van der Waals surface area contributed by atoms with E-state index in [2.05, 4.69) is 4.74 Å². The SMILES string of the molecule is COC(=O)c1ccc(O[C@@H]2O[C@H](CO)[C@H](O)[C@H](OCC#N)[C@H]2O)c([N+](=O)[O-])c1. The lowest BCUT2D eigenvalue weighted by Crippen LogP contribution is -2.61. The Kier molecular flexibility index (Phi) is 7.21. The summed E-state index contributed by atoms with van der Waals surface area (Å²) in [4.78, 5) is 22.1. The van der Waals surface area contributed by atoms with Crippen molar-refractivity contribution in [2.75, 3.05) is 20.3 Å². The van der Waals surface area contributed by atoms with E-state index in [4.69, 9.17) is 19.5 Å². The number of aliphatic hydroxyl groups is 3. The number of nitro groups is 1. The van der Waals surface area contributed by atoms with Crippen molar-refractivity contribution in [3.8, 4) is 11.8 Å². The molecule has 5 atom stereocenters. The molecule has 1 heterocycles. The smallest absolute Gasteiger partial charge is 0.338 e. The molecule has 0 aliphatic carbocycles. The minimum atomic E-state index is -1.63. The van der Waals surface area contributed by atoms with E-state index < -0.39 is 60.5 Å². The van der Waals surface area contributed by atoms with Gasteiger partial charge in [-0.2, -0.15) is 5.26 Å². The zero-order chi connectivity index (χ0) is 20.8. The molecule has 1 aliphatic rings. The highest BCUT2D eigenvalue weighted by molar-refractivity contribution is 5.90. The molecule has 0 aromatic heterocycles. The van der Waals surface area contributed by atoms with Crippen LogP contribution in [-0.4, -0.2) is 77.2 Å². The molecule has 152 valence electrons. The van der Waals surface area contributed by atoms with E-state index in [1.807, 2.05) is 0 Å². The number of methoxy groups -OCH3 is 1. The predicted octanol–water partition coefficient (Wildman–Crippen LogP) is -0.892. The molecule has 28 heavy (non-hydrogen) atoms. The maximum Gasteiger partial charge on any atom is 0.338 e. The number of rotatable bonds is 7. The second kappa shape index (κ2) is 9.40. The third-order valence-electron chi connectivity index (χ3n) is 3.98. The Bertz CT molecular complexity index is 764. The minimum absolute atomic E-state index is 0.0921. The van der Waals surface area contributed by atoms with Crippen molar-refractivity contribution in [2.45, 2.75) is 30.7 Å². The molecule has 1 aromatic rings. The summed E-state index contributed by atoms with van der Waals surface area (Å²) in [7, 11) is 1.12. The number of hydrogen-bond donors (Lipinski definition) is 3. The molecule has 0 amide bonds. The quantitative estimate of drug-likeness (QED) is 0.294. The van der Waals surface area contributed by atoms with E-state index in [1.54, 1.807) is 6.07 Å². The number of carbonyl (C=O) groups is 1. The summed E-state index contributed by atoms with van der Waals surface area (Å²) >= 11 is 0. The third kappa shape index (κ3) is 4.53. The first kappa shape index (κ1) is 21.5. The lowest BCUT2D eigenvalue weighted by molar-refractivity contribution is -0.387. The lowest BCUT2D eigenvalue weighted by atomic mass is 9.99. The van der Waals surface area contributed by atoms with Crippen molar-refractivity contribution in [3.05, 3.63) is 33.9 Å². The fraction of sp³-hybridized carbons (Fsp3) is 0.500. The number of carbonyl (C=O) groups excluding carboxylic acids is 1. The number of nitriles is 1. The van der Waals surface area contributed by atoms with Gasteiger partial charge < -0.3 is 34.3 Å². The van der Waals surface area contributed by atoms with Crippen LogP contribution in [-0.2, 0) is 14.2 Å². The van der Waals surface area contributed by atoms with Crippen LogP contribution >= 0.6 is 0 Å². The number of esters is 1. The second-order valence-electron chi connectivity index (χ2n) is 5.69. The van der Waals surface area contributed by atoms with Gasteiger partial charge in [-0.1, -0.05) is 0 Å². The van der Waals surface area contributed by atoms with Gasteiger partial charge in [-0.15, -0.1) is 0 Å². The van der Waals surface area contributed by atoms with Crippen molar-refractivity contribution < 1.29 is 44.0 Å². The van der Waals surface area contributed by atoms with Gasteiger partial charge in [0.1, 0.15) is 31.0 Å². The van der Waals surface area contributed by atoms with E-state index >= 15 is 0 Å². The number of aliphatic hydroxyl groups excluding tert-OH is 3. The molecule has 1 fully saturated rings. The molecular formula is C16H18N2O10. The Balaban J connectivity index is 2.30. The van der Waals surface area contributed by atoms with Gasteiger partial charge in [0.25, 0.3) is 0 Å². The van der Waals surface area contributed by atoms with E-state index in [0.29, 0.717) is 0 Å². The minimum Gasteiger partial charge on any atom is -0.465 e. The van der Waals surface area contributed by atoms with Gasteiger partial charge >= 0.3 is 11.7 Å². The summed E-state index contributed by atoms with van der Waals surface area (Å²) in [5.41, 5.74) is -0.689. The standard InChI is InChI=1S/C16H18N2O10/c1-25-15(22)8-2-3-10(9(6-8)18(23)24)27-16-13(21)14(26-5-4-17)12(20)11(7-19)28-16/h2-3,6,11-14,16,19-21H,5,7H2,1H3/t11-,12+,13-,14+,16-/m1/s1. The Hall–Kier alpha value is -2.82. The average molecular weight is 398 g/mol. The highest BCUT2D eigenvalue weighted by atomic mass is 16.7. The van der Waals surface area contributed by atoms with Crippen LogP contribution in [0.5, 0.6) is 5.75 Å². The summed E-state index contributed by atoms with van der Waals surface area (Å²) in [5.74, 6) is -1.13. The number of nitrogens with zero attached hydrogens (tertiary/aromatic N) is 2. The van der Waals surface area contributed by atoms with Gasteiger partial charge in [-0.3, -0.25) is 10.1 Å². The fourth-order valence-electron chi connectivity index (χ4n) is 2.61. The molecule has 0 spiro atoms. The summed E-state index contributed by atoms with van der Waals surface area (Å²) in [6.07, 6.45) is -7.24. The molecule has 1 saturated heterocycles. The normalized spacial score (nSPS) is 26.9. The summed E-state index contributed by atoms with van der Waals surface area (Å²) in [6, 6.07) is 4.94. The van der Waals surface area contributed by atoms with Gasteiger partial charge in [0.05, 0.1) is 30.3 Å². The molecule has 12 nitrogen and oxygen atoms in total. The predicted molar refractivity (Wildman–Crippen MR) is 88.2 cm³/mol. The Morgan fingerprint density at radius 2 is 2.11 bits per heavy atom. The van der Waals surface area contributed by atoms with E-state index in [1.165, 1.54) is 6.07 Å². The molecule has 3 N–H and O–H groups in total. The summed E-state index contributed by atoms with van der Waals surface area (Å²) < 4.78 is 20.2. The van der Waals surface area contributed by atoms with Crippen LogP contribution in [0.4, 0.5) is 5.69 Å². The van der Waals surface area contributed by atoms with Crippen molar-refractivity contribution in [3.63, 3.8) is 0 Å². The van der Waals surface area contributed by atoms with Crippen molar-refractivity contribution in [2.24, 2.45) is 0 Å². The maximum absolute atomic E-state index is 11.6. The molecule has 1 aliphatic heterocycles. The Labute approximate surface area is 158 Å². The van der Waals surface area contributed by atoms with Crippen LogP contribution in [0.2, 0.25) is 0 Å². The van der Waals surface area contributed by atoms with Crippen molar-refractivity contribution in [1.82, 2.24) is 0 Å². The lowest BCUT2D eigenvalue weighted by Gasteiger charge is -2.41. The first-order valence-electron chi connectivity index (χ1n) is 7.98. The van der Waals surface area contributed by atoms with Crippen LogP contribution in [0, 0.1) is 21.4 Å². The molecular weight excluding hydrogens is 380 g/mol. The molecule has 2 rings (SSSR count). The van der Waals surface area contributed by atoms with E-state index in [-0.39, 0.29) is 11.3 Å². The first-order valence-corrected chi connectivity index (χ1v) is 7.98. The van der Waals surface area contributed by atoms with Gasteiger partial charge in [0.2, 0.25) is 6.29 Å². The van der Waals surface area contributed by atoms with E-state index in [0.717, 1.165) is 19.2 Å². The van der Waals surface area contributed by atoms with Gasteiger partial charge in [0, 0.05) is 6.07 Å². The maximum atomic E-state index is 11.6. The summed E-state index contributed by atoms with van der Waals surface area (Å²) in [6.45, 7) is -1.12. The van der Waals surface area contributed by atoms with E-state index in [9.17, 15) is 30.2 Å². The van der Waals surface area contributed by atoms with Crippen LogP contribution < -0.4 is 4.74 Å². The topological polar surface area (TPSA) is 182 Å². The van der Waals surface area contributed by atoms with Crippen molar-refractivity contribution >= 4 is 11.7 Å². The molecule has 0 radical (unpaired) electrons. The molecule has 12 heteroatoms. The third-order valence-corrected chi connectivity index (χ3v) is 3.98. The van der Waals surface area contributed by atoms with Gasteiger partial charge in [-0.25, -0.2) is 4.79 Å². The van der Waals surface area contributed by atoms with Crippen molar-refractivity contribution in [1.29, 1.82) is 5.26 Å². The van der Waals surface area contributed by atoms with Crippen LogP contribution in [0.3, 0.4) is 0 Å². The molecule has 1 aromatic carbocycles. The highest BCUT2D eigenvalue weighted by Gasteiger charge is 2.46. The average Bonchev–Trinajstić information content (AvgIpc) is 2.69. The highest BCUT2D eigenvalue weighted by Crippen LogP contribution is 2.32. The fourth-order valence-corrected chi connectivity index (χ4v) is 2.61. The second-order valence-corrected chi connectivity index (χ2v) is 5.69. The van der Waals surface area contributed by atoms with Gasteiger partial charge in [-0.05, 0) is 12.1 Å². The molecule has 0 unspecified atom stereocenters. The number of ether oxygens (including phenoxy) is 4. The molecule has 0 saturated carbocycles. The first-order chi connectivity index (χ1) is 13.3. The summed E-state index contributed by atoms with van der Waals surface area (Å²) in [5, 5.41) is 49.7. The zero-order valence-electron chi connectivity index (χ0n) is 14.6. The molecule has 0 bridgehead atoms. The Morgan fingerprint density at radius 1 is 1.39 bits per heavy atom. The monoisotopic (exact) mass is 398 g/mol. The number of hydrogen-bond acceptors (Lipinski definition) is 11. The number of benzene rings is 1. The van der Waals surface area contributed by atoms with Gasteiger partial charge in [0.15, 0.2) is 5.75 Å². The van der Waals surface area contributed by atoms with Crippen LogP contribution in [0.1, 0.15) is 10.4 Å². The largest absolute Gasteiger partial charge is 0.465 e. The van der Waals surface area contributed by atoms with Crippen LogP contribution in [0.15, 0.2) is 18.2 Å². The number of nitro benzene ring substituents is 1. The Morgan fingerprint density at radius 3 is 2.68 bits per heavy atom. The zero-order valence-corrected chi connectivity index (χ0v) is 14.6.